The smallest absolute Gasteiger partial charge is 0.312 e. The summed E-state index contributed by atoms with van der Waals surface area (Å²) in [6.07, 6.45) is 0. The van der Waals surface area contributed by atoms with Crippen LogP contribution in [0, 0.1) is 0 Å². The second-order valence-electron chi connectivity index (χ2n) is 3.03. The quantitative estimate of drug-likeness (QED) is 0.645. The third-order valence-electron chi connectivity index (χ3n) is 2.10. The molecule has 0 aliphatic heterocycles. The Morgan fingerprint density at radius 3 is 2.29 bits per heavy atom. The highest BCUT2D eigenvalue weighted by atomic mass is 16.4. The van der Waals surface area contributed by atoms with Gasteiger partial charge in [0.2, 0.25) is 0 Å². The number of carboxylic acid groups (broad SMARTS) is 1. The molecule has 0 aliphatic rings. The summed E-state index contributed by atoms with van der Waals surface area (Å²) in [4.78, 5) is 10.8. The van der Waals surface area contributed by atoms with Crippen molar-refractivity contribution in [2.45, 2.75) is 12.5 Å². The lowest BCUT2D eigenvalue weighted by Gasteiger charge is -2.09. The number of hydrogen-bond donors (Lipinski definition) is 3. The van der Waals surface area contributed by atoms with E-state index in [1.807, 2.05) is 0 Å². The zero-order valence-corrected chi connectivity index (χ0v) is 7.68. The molecule has 0 aromatic heterocycles. The SMILES string of the molecule is NC[C@@H](C(=O)O)c1ccc(CO)cc1. The van der Waals surface area contributed by atoms with Crippen molar-refractivity contribution >= 4 is 5.97 Å². The van der Waals surface area contributed by atoms with Gasteiger partial charge in [-0.2, -0.15) is 0 Å². The van der Waals surface area contributed by atoms with Gasteiger partial charge in [0.15, 0.2) is 0 Å². The van der Waals surface area contributed by atoms with Gasteiger partial charge >= 0.3 is 5.97 Å². The maximum Gasteiger partial charge on any atom is 0.312 e. The zero-order valence-electron chi connectivity index (χ0n) is 7.68. The predicted octanol–water partition coefficient (Wildman–Crippen LogP) is 0.306. The van der Waals surface area contributed by atoms with E-state index in [1.165, 1.54) is 0 Å². The summed E-state index contributed by atoms with van der Waals surface area (Å²) in [6.45, 7) is 0.0362. The normalized spacial score (nSPS) is 12.4. The van der Waals surface area contributed by atoms with Gasteiger partial charge in [0.25, 0.3) is 0 Å². The lowest BCUT2D eigenvalue weighted by atomic mass is 9.98. The molecule has 0 saturated heterocycles. The van der Waals surface area contributed by atoms with Crippen molar-refractivity contribution in [3.63, 3.8) is 0 Å². The molecule has 0 amide bonds. The molecule has 0 radical (unpaired) electrons. The molecular weight excluding hydrogens is 182 g/mol. The molecule has 14 heavy (non-hydrogen) atoms. The minimum Gasteiger partial charge on any atom is -0.481 e. The second-order valence-corrected chi connectivity index (χ2v) is 3.03. The fraction of sp³-hybridized carbons (Fsp3) is 0.300. The number of carboxylic acids is 1. The molecule has 0 bridgehead atoms. The number of aliphatic hydroxyl groups excluding tert-OH is 1. The van der Waals surface area contributed by atoms with Crippen molar-refractivity contribution in [1.29, 1.82) is 0 Å². The molecule has 0 heterocycles. The lowest BCUT2D eigenvalue weighted by Crippen LogP contribution is -2.21. The Kier molecular flexibility index (Phi) is 3.62. The van der Waals surface area contributed by atoms with E-state index < -0.39 is 11.9 Å². The second kappa shape index (κ2) is 4.74. The van der Waals surface area contributed by atoms with Crippen LogP contribution in [0.4, 0.5) is 0 Å². The van der Waals surface area contributed by atoms with Crippen molar-refractivity contribution in [3.05, 3.63) is 35.4 Å². The number of carbonyl (C=O) groups is 1. The topological polar surface area (TPSA) is 83.6 Å². The fourth-order valence-corrected chi connectivity index (χ4v) is 1.23. The average molecular weight is 195 g/mol. The molecule has 4 nitrogen and oxygen atoms in total. The van der Waals surface area contributed by atoms with Crippen LogP contribution in [0.25, 0.3) is 0 Å². The van der Waals surface area contributed by atoms with Crippen LogP contribution in [0.5, 0.6) is 0 Å². The first-order valence-electron chi connectivity index (χ1n) is 4.31. The van der Waals surface area contributed by atoms with Gasteiger partial charge in [-0.3, -0.25) is 4.79 Å². The fourth-order valence-electron chi connectivity index (χ4n) is 1.23. The maximum atomic E-state index is 10.8. The molecule has 76 valence electrons. The first-order valence-corrected chi connectivity index (χ1v) is 4.31. The van der Waals surface area contributed by atoms with Crippen molar-refractivity contribution < 1.29 is 15.0 Å². The summed E-state index contributed by atoms with van der Waals surface area (Å²) >= 11 is 0. The summed E-state index contributed by atoms with van der Waals surface area (Å²) in [5.41, 5.74) is 6.77. The molecule has 1 atom stereocenters. The standard InChI is InChI=1S/C10H13NO3/c11-5-9(10(13)14)8-3-1-7(6-12)2-4-8/h1-4,9,12H,5-6,11H2,(H,13,14)/t9-/m1/s1. The van der Waals surface area contributed by atoms with E-state index in [-0.39, 0.29) is 13.2 Å². The number of rotatable bonds is 4. The summed E-state index contributed by atoms with van der Waals surface area (Å²) in [7, 11) is 0. The first-order chi connectivity index (χ1) is 6.69. The summed E-state index contributed by atoms with van der Waals surface area (Å²) in [6, 6.07) is 6.75. The molecule has 0 aliphatic carbocycles. The third kappa shape index (κ3) is 2.31. The third-order valence-corrected chi connectivity index (χ3v) is 2.10. The number of nitrogens with two attached hydrogens (primary N) is 1. The number of aliphatic carboxylic acids is 1. The van der Waals surface area contributed by atoms with Crippen molar-refractivity contribution in [3.8, 4) is 0 Å². The van der Waals surface area contributed by atoms with E-state index in [0.717, 1.165) is 5.56 Å². The Labute approximate surface area is 82.0 Å². The van der Waals surface area contributed by atoms with Gasteiger partial charge in [0.05, 0.1) is 12.5 Å². The molecule has 0 saturated carbocycles. The Morgan fingerprint density at radius 1 is 1.36 bits per heavy atom. The van der Waals surface area contributed by atoms with E-state index in [1.54, 1.807) is 24.3 Å². The van der Waals surface area contributed by atoms with Crippen LogP contribution >= 0.6 is 0 Å². The Hall–Kier alpha value is -1.39. The van der Waals surface area contributed by atoms with Crippen LogP contribution in [-0.2, 0) is 11.4 Å². The van der Waals surface area contributed by atoms with Crippen LogP contribution in [0.2, 0.25) is 0 Å². The van der Waals surface area contributed by atoms with Crippen LogP contribution in [-0.4, -0.2) is 22.7 Å². The Balaban J connectivity index is 2.89. The minimum absolute atomic E-state index is 0.0410. The highest BCUT2D eigenvalue weighted by Gasteiger charge is 2.17. The van der Waals surface area contributed by atoms with E-state index in [0.29, 0.717) is 5.56 Å². The first kappa shape index (κ1) is 10.7. The van der Waals surface area contributed by atoms with E-state index >= 15 is 0 Å². The van der Waals surface area contributed by atoms with Crippen LogP contribution in [0.1, 0.15) is 17.0 Å². The number of aliphatic hydroxyl groups is 1. The monoisotopic (exact) mass is 195 g/mol. The predicted molar refractivity (Wildman–Crippen MR) is 51.8 cm³/mol. The van der Waals surface area contributed by atoms with E-state index in [4.69, 9.17) is 15.9 Å². The molecule has 0 spiro atoms. The molecule has 1 aromatic carbocycles. The van der Waals surface area contributed by atoms with Gasteiger partial charge in [-0.05, 0) is 11.1 Å². The maximum absolute atomic E-state index is 10.8. The van der Waals surface area contributed by atoms with Gasteiger partial charge in [-0.1, -0.05) is 24.3 Å². The van der Waals surface area contributed by atoms with E-state index in [9.17, 15) is 4.79 Å². The highest BCUT2D eigenvalue weighted by Crippen LogP contribution is 2.15. The van der Waals surface area contributed by atoms with Crippen molar-refractivity contribution in [2.24, 2.45) is 5.73 Å². The largest absolute Gasteiger partial charge is 0.481 e. The van der Waals surface area contributed by atoms with Gasteiger partial charge in [-0.25, -0.2) is 0 Å². The van der Waals surface area contributed by atoms with Crippen LogP contribution in [0.15, 0.2) is 24.3 Å². The highest BCUT2D eigenvalue weighted by molar-refractivity contribution is 5.76. The van der Waals surface area contributed by atoms with Crippen molar-refractivity contribution in [1.82, 2.24) is 0 Å². The average Bonchev–Trinajstić information content (AvgIpc) is 2.19. The van der Waals surface area contributed by atoms with Gasteiger partial charge in [-0.15, -0.1) is 0 Å². The molecule has 0 fully saturated rings. The molecule has 4 heteroatoms. The zero-order chi connectivity index (χ0) is 10.6. The molecule has 4 N–H and O–H groups in total. The minimum atomic E-state index is -0.927. The van der Waals surface area contributed by atoms with Gasteiger partial charge in [0, 0.05) is 6.54 Å². The van der Waals surface area contributed by atoms with Gasteiger partial charge in [0.1, 0.15) is 0 Å². The Bertz CT molecular complexity index is 308. The molecular formula is C10H13NO3. The van der Waals surface area contributed by atoms with Crippen LogP contribution in [0.3, 0.4) is 0 Å². The molecule has 1 rings (SSSR count). The Morgan fingerprint density at radius 2 is 1.93 bits per heavy atom. The summed E-state index contributed by atoms with van der Waals surface area (Å²) in [5.74, 6) is -1.59. The number of hydrogen-bond acceptors (Lipinski definition) is 3. The molecule has 1 aromatic rings. The van der Waals surface area contributed by atoms with Crippen molar-refractivity contribution in [2.75, 3.05) is 6.54 Å². The van der Waals surface area contributed by atoms with E-state index in [2.05, 4.69) is 0 Å². The van der Waals surface area contributed by atoms with Crippen LogP contribution < -0.4 is 5.73 Å². The van der Waals surface area contributed by atoms with Gasteiger partial charge < -0.3 is 15.9 Å². The lowest BCUT2D eigenvalue weighted by molar-refractivity contribution is -0.138. The number of benzene rings is 1. The molecule has 0 unspecified atom stereocenters. The summed E-state index contributed by atoms with van der Waals surface area (Å²) in [5, 5.41) is 17.6. The summed E-state index contributed by atoms with van der Waals surface area (Å²) < 4.78 is 0.